The van der Waals surface area contributed by atoms with Gasteiger partial charge in [-0.3, -0.25) is 0 Å². The molecule has 2 aromatic heterocycles. The predicted molar refractivity (Wildman–Crippen MR) is 58.9 cm³/mol. The van der Waals surface area contributed by atoms with Crippen molar-refractivity contribution in [2.45, 2.75) is 17.1 Å². The smallest absolute Gasteiger partial charge is 0.171 e. The molecule has 0 unspecified atom stereocenters. The van der Waals surface area contributed by atoms with Crippen molar-refractivity contribution in [2.75, 3.05) is 11.9 Å². The quantitative estimate of drug-likeness (QED) is 0.770. The molecule has 0 radical (unpaired) electrons. The highest BCUT2D eigenvalue weighted by Crippen LogP contribution is 2.22. The van der Waals surface area contributed by atoms with Crippen LogP contribution in [0.15, 0.2) is 35.0 Å². The molecule has 0 bridgehead atoms. The van der Waals surface area contributed by atoms with Gasteiger partial charge in [-0.25, -0.2) is 15.0 Å². The largest absolute Gasteiger partial charge is 0.370 e. The molecule has 78 valence electrons. The summed E-state index contributed by atoms with van der Waals surface area (Å²) in [4.78, 5) is 15.4. The summed E-state index contributed by atoms with van der Waals surface area (Å²) in [7, 11) is 0. The van der Waals surface area contributed by atoms with Crippen molar-refractivity contribution in [3.05, 3.63) is 24.8 Å². The second-order valence-corrected chi connectivity index (χ2v) is 3.78. The van der Waals surface area contributed by atoms with Gasteiger partial charge in [0.2, 0.25) is 0 Å². The van der Waals surface area contributed by atoms with Gasteiger partial charge in [0.15, 0.2) is 5.16 Å². The molecule has 0 atom stereocenters. The zero-order valence-electron chi connectivity index (χ0n) is 8.27. The highest BCUT2D eigenvalue weighted by Gasteiger charge is 2.01. The van der Waals surface area contributed by atoms with Gasteiger partial charge in [-0.15, -0.1) is 0 Å². The molecular formula is C9H11N5S. The summed E-state index contributed by atoms with van der Waals surface area (Å²) in [6.45, 7) is 2.88. The van der Waals surface area contributed by atoms with E-state index in [1.54, 1.807) is 18.7 Å². The van der Waals surface area contributed by atoms with Crippen LogP contribution in [0.2, 0.25) is 0 Å². The Kier molecular flexibility index (Phi) is 3.18. The maximum atomic E-state index is 4.15. The minimum absolute atomic E-state index is 0.830. The molecule has 5 nitrogen and oxygen atoms in total. The van der Waals surface area contributed by atoms with Crippen LogP contribution < -0.4 is 5.32 Å². The molecule has 0 fully saturated rings. The number of anilines is 1. The van der Waals surface area contributed by atoms with Gasteiger partial charge in [0.25, 0.3) is 0 Å². The molecule has 2 rings (SSSR count). The average molecular weight is 221 g/mol. The molecule has 0 spiro atoms. The third-order valence-electron chi connectivity index (χ3n) is 1.67. The maximum absolute atomic E-state index is 4.15. The molecule has 0 aliphatic rings. The van der Waals surface area contributed by atoms with Gasteiger partial charge in [-0.2, -0.15) is 0 Å². The molecule has 0 saturated heterocycles. The van der Waals surface area contributed by atoms with Gasteiger partial charge >= 0.3 is 0 Å². The monoisotopic (exact) mass is 221 g/mol. The first-order valence-corrected chi connectivity index (χ1v) is 5.43. The standard InChI is InChI=1S/C9H11N5S/c1-2-10-7-5-8(14-6-13-7)15-9-11-3-4-12-9/h3-6H,2H2,1H3,(H,11,12)(H,10,13,14). The van der Waals surface area contributed by atoms with E-state index in [-0.39, 0.29) is 0 Å². The molecule has 0 aliphatic carbocycles. The fraction of sp³-hybridized carbons (Fsp3) is 0.222. The maximum Gasteiger partial charge on any atom is 0.171 e. The Balaban J connectivity index is 2.11. The highest BCUT2D eigenvalue weighted by atomic mass is 32.2. The minimum Gasteiger partial charge on any atom is -0.370 e. The average Bonchev–Trinajstić information content (AvgIpc) is 2.71. The Morgan fingerprint density at radius 3 is 3.07 bits per heavy atom. The van der Waals surface area contributed by atoms with Crippen molar-refractivity contribution in [3.63, 3.8) is 0 Å². The summed E-state index contributed by atoms with van der Waals surface area (Å²) in [6, 6.07) is 1.90. The molecule has 0 aromatic carbocycles. The number of aromatic nitrogens is 4. The van der Waals surface area contributed by atoms with Crippen LogP contribution in [0, 0.1) is 0 Å². The first kappa shape index (κ1) is 9.97. The van der Waals surface area contributed by atoms with E-state index < -0.39 is 0 Å². The van der Waals surface area contributed by atoms with Crippen LogP contribution >= 0.6 is 11.8 Å². The predicted octanol–water partition coefficient (Wildman–Crippen LogP) is 1.78. The zero-order chi connectivity index (χ0) is 10.5. The highest BCUT2D eigenvalue weighted by molar-refractivity contribution is 7.99. The Morgan fingerprint density at radius 1 is 1.40 bits per heavy atom. The van der Waals surface area contributed by atoms with Crippen molar-refractivity contribution in [2.24, 2.45) is 0 Å². The van der Waals surface area contributed by atoms with Gasteiger partial charge < -0.3 is 10.3 Å². The molecule has 0 amide bonds. The Bertz CT molecular complexity index is 414. The molecule has 0 aliphatic heterocycles. The van der Waals surface area contributed by atoms with Crippen molar-refractivity contribution >= 4 is 17.6 Å². The number of nitrogens with zero attached hydrogens (tertiary/aromatic N) is 3. The molecule has 2 N–H and O–H groups in total. The number of hydrogen-bond donors (Lipinski definition) is 2. The summed E-state index contributed by atoms with van der Waals surface area (Å²) in [5, 5.41) is 4.83. The van der Waals surface area contributed by atoms with Crippen LogP contribution in [0.4, 0.5) is 5.82 Å². The van der Waals surface area contributed by atoms with E-state index >= 15 is 0 Å². The van der Waals surface area contributed by atoms with Crippen LogP contribution in [0.25, 0.3) is 0 Å². The molecule has 6 heteroatoms. The third kappa shape index (κ3) is 2.69. The van der Waals surface area contributed by atoms with Crippen molar-refractivity contribution < 1.29 is 0 Å². The van der Waals surface area contributed by atoms with E-state index in [0.29, 0.717) is 0 Å². The van der Waals surface area contributed by atoms with Gasteiger partial charge in [-0.1, -0.05) is 0 Å². The van der Waals surface area contributed by atoms with Gasteiger partial charge in [0, 0.05) is 25.0 Å². The second-order valence-electron chi connectivity index (χ2n) is 2.77. The lowest BCUT2D eigenvalue weighted by atomic mass is 10.5. The van der Waals surface area contributed by atoms with Crippen LogP contribution in [-0.4, -0.2) is 26.5 Å². The van der Waals surface area contributed by atoms with E-state index in [1.165, 1.54) is 11.8 Å². The van der Waals surface area contributed by atoms with Crippen LogP contribution in [0.1, 0.15) is 6.92 Å². The lowest BCUT2D eigenvalue weighted by molar-refractivity contribution is 1.01. The Hall–Kier alpha value is -1.56. The van der Waals surface area contributed by atoms with Crippen LogP contribution in [0.5, 0.6) is 0 Å². The summed E-state index contributed by atoms with van der Waals surface area (Å²) in [6.07, 6.45) is 5.05. The van der Waals surface area contributed by atoms with Crippen molar-refractivity contribution in [1.29, 1.82) is 0 Å². The van der Waals surface area contributed by atoms with E-state index in [1.807, 2.05) is 13.0 Å². The van der Waals surface area contributed by atoms with Crippen molar-refractivity contribution in [3.8, 4) is 0 Å². The van der Waals surface area contributed by atoms with E-state index in [4.69, 9.17) is 0 Å². The topological polar surface area (TPSA) is 66.5 Å². The van der Waals surface area contributed by atoms with Gasteiger partial charge in [-0.05, 0) is 18.7 Å². The summed E-state index contributed by atoms with van der Waals surface area (Å²) < 4.78 is 0. The van der Waals surface area contributed by atoms with Crippen LogP contribution in [-0.2, 0) is 0 Å². The van der Waals surface area contributed by atoms with Crippen molar-refractivity contribution in [1.82, 2.24) is 19.9 Å². The van der Waals surface area contributed by atoms with E-state index in [0.717, 1.165) is 22.5 Å². The summed E-state index contributed by atoms with van der Waals surface area (Å²) >= 11 is 1.48. The number of imidazole rings is 1. The Labute approximate surface area is 91.8 Å². The van der Waals surface area contributed by atoms with Gasteiger partial charge in [0.1, 0.15) is 17.2 Å². The fourth-order valence-electron chi connectivity index (χ4n) is 1.08. The first-order valence-electron chi connectivity index (χ1n) is 4.61. The SMILES string of the molecule is CCNc1cc(Sc2ncc[nH]2)ncn1. The molecule has 2 heterocycles. The third-order valence-corrected chi connectivity index (χ3v) is 2.52. The first-order chi connectivity index (χ1) is 7.38. The van der Waals surface area contributed by atoms with E-state index in [2.05, 4.69) is 25.3 Å². The molecule has 15 heavy (non-hydrogen) atoms. The minimum atomic E-state index is 0.830. The summed E-state index contributed by atoms with van der Waals surface area (Å²) in [5.41, 5.74) is 0. The molecule has 0 saturated carbocycles. The lowest BCUT2D eigenvalue weighted by Gasteiger charge is -2.02. The summed E-state index contributed by atoms with van der Waals surface area (Å²) in [5.74, 6) is 0.835. The molecular weight excluding hydrogens is 210 g/mol. The fourth-order valence-corrected chi connectivity index (χ4v) is 1.79. The number of H-pyrrole nitrogens is 1. The number of aromatic amines is 1. The zero-order valence-corrected chi connectivity index (χ0v) is 9.08. The second kappa shape index (κ2) is 4.79. The number of rotatable bonds is 4. The van der Waals surface area contributed by atoms with E-state index in [9.17, 15) is 0 Å². The number of nitrogens with one attached hydrogen (secondary N) is 2. The number of hydrogen-bond acceptors (Lipinski definition) is 5. The van der Waals surface area contributed by atoms with Crippen LogP contribution in [0.3, 0.4) is 0 Å². The Morgan fingerprint density at radius 2 is 2.33 bits per heavy atom. The molecule has 2 aromatic rings. The van der Waals surface area contributed by atoms with Gasteiger partial charge in [0.05, 0.1) is 0 Å². The normalized spacial score (nSPS) is 10.2. The lowest BCUT2D eigenvalue weighted by Crippen LogP contribution is -1.99.